The second-order valence-corrected chi connectivity index (χ2v) is 7.33. The van der Waals surface area contributed by atoms with Crippen LogP contribution in [-0.4, -0.2) is 36.9 Å². The van der Waals surface area contributed by atoms with Crippen molar-refractivity contribution in [3.63, 3.8) is 0 Å². The molecule has 2 aliphatic heterocycles. The molecule has 2 atom stereocenters. The van der Waals surface area contributed by atoms with Crippen molar-refractivity contribution in [2.45, 2.75) is 62.7 Å². The Kier molecular flexibility index (Phi) is 4.35. The summed E-state index contributed by atoms with van der Waals surface area (Å²) in [7, 11) is 0. The zero-order chi connectivity index (χ0) is 16.4. The summed E-state index contributed by atoms with van der Waals surface area (Å²) in [5.74, 6) is 0.942. The normalized spacial score (nSPS) is 27.5. The van der Waals surface area contributed by atoms with Crippen LogP contribution in [0.5, 0.6) is 5.75 Å². The predicted octanol–water partition coefficient (Wildman–Crippen LogP) is 2.78. The highest BCUT2D eigenvalue weighted by Crippen LogP contribution is 2.39. The number of benzene rings is 1. The second-order valence-electron chi connectivity index (χ2n) is 7.33. The Balaban J connectivity index is 1.23. The lowest BCUT2D eigenvalue weighted by Crippen LogP contribution is -2.51. The smallest absolute Gasteiger partial charge is 0.315 e. The Labute approximate surface area is 143 Å². The van der Waals surface area contributed by atoms with Crippen molar-refractivity contribution in [2.24, 2.45) is 0 Å². The molecule has 1 aliphatic carbocycles. The Morgan fingerprint density at radius 1 is 1.25 bits per heavy atom. The van der Waals surface area contributed by atoms with E-state index in [-0.39, 0.29) is 23.8 Å². The van der Waals surface area contributed by atoms with Crippen molar-refractivity contribution in [3.05, 3.63) is 29.8 Å². The zero-order valence-electron chi connectivity index (χ0n) is 14.1. The fraction of sp³-hybridized carbons (Fsp3) is 0.632. The molecule has 2 heterocycles. The highest BCUT2D eigenvalue weighted by Gasteiger charge is 2.40. The standard InChI is InChI=1S/C19H26N2O3/c22-18(20-13-16-11-14-5-1-2-6-17(14)24-16)21-15-7-10-23-19(12-15)8-3-4-9-19/h1-2,5-6,15-16H,3-4,7-13H2,(H2,20,21,22). The molecule has 1 spiro atoms. The average Bonchev–Trinajstić information content (AvgIpc) is 3.19. The molecule has 0 bridgehead atoms. The fourth-order valence-corrected chi connectivity index (χ4v) is 4.33. The van der Waals surface area contributed by atoms with Crippen LogP contribution in [0.1, 0.15) is 44.1 Å². The number of ether oxygens (including phenoxy) is 2. The molecule has 5 nitrogen and oxygen atoms in total. The van der Waals surface area contributed by atoms with Crippen LogP contribution in [0, 0.1) is 0 Å². The Morgan fingerprint density at radius 2 is 2.08 bits per heavy atom. The van der Waals surface area contributed by atoms with E-state index in [1.165, 1.54) is 18.4 Å². The predicted molar refractivity (Wildman–Crippen MR) is 91.3 cm³/mol. The van der Waals surface area contributed by atoms with Crippen molar-refractivity contribution < 1.29 is 14.3 Å². The molecule has 4 rings (SSSR count). The molecule has 2 fully saturated rings. The van der Waals surface area contributed by atoms with E-state index in [1.807, 2.05) is 18.2 Å². The first-order valence-corrected chi connectivity index (χ1v) is 9.15. The van der Waals surface area contributed by atoms with Crippen LogP contribution in [0.2, 0.25) is 0 Å². The van der Waals surface area contributed by atoms with Gasteiger partial charge in [-0.2, -0.15) is 0 Å². The lowest BCUT2D eigenvalue weighted by molar-refractivity contribution is -0.0820. The highest BCUT2D eigenvalue weighted by atomic mass is 16.5. The van der Waals surface area contributed by atoms with Crippen LogP contribution >= 0.6 is 0 Å². The van der Waals surface area contributed by atoms with Gasteiger partial charge in [0.05, 0.1) is 12.1 Å². The van der Waals surface area contributed by atoms with Gasteiger partial charge in [-0.05, 0) is 37.3 Å². The summed E-state index contributed by atoms with van der Waals surface area (Å²) in [4.78, 5) is 12.2. The molecular weight excluding hydrogens is 304 g/mol. The first-order valence-electron chi connectivity index (χ1n) is 9.15. The molecular formula is C19H26N2O3. The lowest BCUT2D eigenvalue weighted by atomic mass is 9.89. The summed E-state index contributed by atoms with van der Waals surface area (Å²) in [5, 5.41) is 6.10. The highest BCUT2D eigenvalue weighted by molar-refractivity contribution is 5.74. The minimum Gasteiger partial charge on any atom is -0.488 e. The minimum atomic E-state index is -0.0883. The molecule has 5 heteroatoms. The molecule has 2 unspecified atom stereocenters. The SMILES string of the molecule is O=C(NCC1Cc2ccccc2O1)NC1CCOC2(CCCC2)C1. The maximum Gasteiger partial charge on any atom is 0.315 e. The fourth-order valence-electron chi connectivity index (χ4n) is 4.33. The van der Waals surface area contributed by atoms with E-state index in [0.29, 0.717) is 6.54 Å². The lowest BCUT2D eigenvalue weighted by Gasteiger charge is -2.38. The van der Waals surface area contributed by atoms with Crippen LogP contribution in [0.4, 0.5) is 4.79 Å². The number of carbonyl (C=O) groups excluding carboxylic acids is 1. The van der Waals surface area contributed by atoms with E-state index < -0.39 is 0 Å². The number of hydrogen-bond donors (Lipinski definition) is 2. The third kappa shape index (κ3) is 3.36. The molecule has 1 saturated heterocycles. The average molecular weight is 330 g/mol. The first-order chi connectivity index (χ1) is 11.7. The van der Waals surface area contributed by atoms with E-state index in [0.717, 1.165) is 44.5 Å². The number of hydrogen-bond acceptors (Lipinski definition) is 3. The van der Waals surface area contributed by atoms with Crippen molar-refractivity contribution in [1.29, 1.82) is 0 Å². The molecule has 24 heavy (non-hydrogen) atoms. The van der Waals surface area contributed by atoms with Gasteiger partial charge in [0.15, 0.2) is 0 Å². The van der Waals surface area contributed by atoms with Crippen LogP contribution in [0.3, 0.4) is 0 Å². The number of amides is 2. The molecule has 1 aromatic carbocycles. The molecule has 2 amide bonds. The first kappa shape index (κ1) is 15.8. The Hall–Kier alpha value is -1.75. The van der Waals surface area contributed by atoms with E-state index in [4.69, 9.17) is 9.47 Å². The molecule has 3 aliphatic rings. The van der Waals surface area contributed by atoms with Gasteiger partial charge in [0.25, 0.3) is 0 Å². The van der Waals surface area contributed by atoms with Gasteiger partial charge >= 0.3 is 6.03 Å². The summed E-state index contributed by atoms with van der Waals surface area (Å²) < 4.78 is 11.9. The summed E-state index contributed by atoms with van der Waals surface area (Å²) in [6.07, 6.45) is 7.52. The number of nitrogens with one attached hydrogen (secondary N) is 2. The molecule has 2 N–H and O–H groups in total. The molecule has 1 saturated carbocycles. The molecule has 130 valence electrons. The second kappa shape index (κ2) is 6.63. The van der Waals surface area contributed by atoms with Crippen LogP contribution in [0.15, 0.2) is 24.3 Å². The quantitative estimate of drug-likeness (QED) is 0.896. The number of urea groups is 1. The number of para-hydroxylation sites is 1. The van der Waals surface area contributed by atoms with Gasteiger partial charge in [-0.15, -0.1) is 0 Å². The van der Waals surface area contributed by atoms with E-state index in [1.54, 1.807) is 0 Å². The maximum atomic E-state index is 12.2. The molecule has 1 aromatic rings. The van der Waals surface area contributed by atoms with Gasteiger partial charge in [0.1, 0.15) is 11.9 Å². The third-order valence-electron chi connectivity index (χ3n) is 5.55. The van der Waals surface area contributed by atoms with Crippen molar-refractivity contribution in [1.82, 2.24) is 10.6 Å². The monoisotopic (exact) mass is 330 g/mol. The van der Waals surface area contributed by atoms with Crippen molar-refractivity contribution in [3.8, 4) is 5.75 Å². The number of fused-ring (bicyclic) bond motifs is 1. The van der Waals surface area contributed by atoms with Crippen LogP contribution < -0.4 is 15.4 Å². The Morgan fingerprint density at radius 3 is 2.92 bits per heavy atom. The van der Waals surface area contributed by atoms with Crippen molar-refractivity contribution >= 4 is 6.03 Å². The largest absolute Gasteiger partial charge is 0.488 e. The van der Waals surface area contributed by atoms with Gasteiger partial charge in [0.2, 0.25) is 0 Å². The van der Waals surface area contributed by atoms with Crippen LogP contribution in [-0.2, 0) is 11.2 Å². The van der Waals surface area contributed by atoms with E-state index in [2.05, 4.69) is 16.7 Å². The van der Waals surface area contributed by atoms with Gasteiger partial charge < -0.3 is 20.1 Å². The third-order valence-corrected chi connectivity index (χ3v) is 5.55. The van der Waals surface area contributed by atoms with Gasteiger partial charge in [-0.3, -0.25) is 0 Å². The summed E-state index contributed by atoms with van der Waals surface area (Å²) in [5.41, 5.74) is 1.25. The summed E-state index contributed by atoms with van der Waals surface area (Å²) >= 11 is 0. The van der Waals surface area contributed by atoms with Crippen molar-refractivity contribution in [2.75, 3.05) is 13.2 Å². The summed E-state index contributed by atoms with van der Waals surface area (Å²) in [6.45, 7) is 1.29. The topological polar surface area (TPSA) is 59.6 Å². The molecule has 0 radical (unpaired) electrons. The van der Waals surface area contributed by atoms with Gasteiger partial charge in [-0.25, -0.2) is 4.79 Å². The zero-order valence-corrected chi connectivity index (χ0v) is 14.1. The molecule has 0 aromatic heterocycles. The Bertz CT molecular complexity index is 573. The maximum absolute atomic E-state index is 12.2. The minimum absolute atomic E-state index is 0.0315. The summed E-state index contributed by atoms with van der Waals surface area (Å²) in [6, 6.07) is 8.20. The number of carbonyl (C=O) groups is 1. The van der Waals surface area contributed by atoms with Crippen LogP contribution in [0.25, 0.3) is 0 Å². The van der Waals surface area contributed by atoms with E-state index >= 15 is 0 Å². The number of rotatable bonds is 3. The van der Waals surface area contributed by atoms with Gasteiger partial charge in [0, 0.05) is 19.1 Å². The van der Waals surface area contributed by atoms with Gasteiger partial charge in [-0.1, -0.05) is 31.0 Å². The van der Waals surface area contributed by atoms with E-state index in [9.17, 15) is 4.79 Å².